The summed E-state index contributed by atoms with van der Waals surface area (Å²) in [6, 6.07) is 16.4. The zero-order valence-corrected chi connectivity index (χ0v) is 16.2. The second-order valence-electron chi connectivity index (χ2n) is 6.40. The molecule has 0 fully saturated rings. The number of benzene rings is 2. The molecule has 2 aromatic carbocycles. The van der Waals surface area contributed by atoms with Gasteiger partial charge >= 0.3 is 5.69 Å². The fourth-order valence-corrected chi connectivity index (χ4v) is 3.34. The summed E-state index contributed by atoms with van der Waals surface area (Å²) in [4.78, 5) is 23.4. The summed E-state index contributed by atoms with van der Waals surface area (Å²) in [6.07, 6.45) is 0. The van der Waals surface area contributed by atoms with Gasteiger partial charge in [-0.15, -0.1) is 0 Å². The lowest BCUT2D eigenvalue weighted by atomic mass is 9.98. The maximum absolute atomic E-state index is 12.7. The molecule has 1 amide bonds. The third-order valence-corrected chi connectivity index (χ3v) is 4.67. The van der Waals surface area contributed by atoms with Crippen molar-refractivity contribution in [1.29, 1.82) is 0 Å². The van der Waals surface area contributed by atoms with Gasteiger partial charge in [0.15, 0.2) is 0 Å². The Morgan fingerprint density at radius 1 is 1.18 bits per heavy atom. The number of rotatable bonds is 6. The minimum Gasteiger partial charge on any atom is -0.344 e. The Kier molecular flexibility index (Phi) is 5.75. The summed E-state index contributed by atoms with van der Waals surface area (Å²) in [5.41, 5.74) is 2.30. The molecule has 7 nitrogen and oxygen atoms in total. The third kappa shape index (κ3) is 4.20. The normalized spacial score (nSPS) is 11.8. The van der Waals surface area contributed by atoms with Crippen LogP contribution in [0.15, 0.2) is 54.6 Å². The number of hydrogen-bond donors (Lipinski definition) is 1. The minimum absolute atomic E-state index is 0.0674. The lowest BCUT2D eigenvalue weighted by molar-refractivity contribution is -0.386. The summed E-state index contributed by atoms with van der Waals surface area (Å²) >= 11 is 6.12. The first-order valence-corrected chi connectivity index (χ1v) is 9.02. The van der Waals surface area contributed by atoms with Crippen LogP contribution in [0.3, 0.4) is 0 Å². The van der Waals surface area contributed by atoms with Gasteiger partial charge in [-0.1, -0.05) is 54.1 Å². The molecule has 1 unspecified atom stereocenters. The van der Waals surface area contributed by atoms with E-state index in [-0.39, 0.29) is 23.8 Å². The Balaban J connectivity index is 1.86. The number of halogens is 1. The van der Waals surface area contributed by atoms with Gasteiger partial charge < -0.3 is 5.32 Å². The lowest BCUT2D eigenvalue weighted by Gasteiger charge is -2.20. The van der Waals surface area contributed by atoms with E-state index in [1.165, 1.54) is 4.68 Å². The van der Waals surface area contributed by atoms with Gasteiger partial charge in [0.05, 0.1) is 11.0 Å². The molecular formula is C20H19ClN4O3. The molecule has 0 aliphatic heterocycles. The first kappa shape index (κ1) is 19.6. The highest BCUT2D eigenvalue weighted by Gasteiger charge is 2.24. The van der Waals surface area contributed by atoms with Crippen molar-refractivity contribution >= 4 is 23.2 Å². The minimum atomic E-state index is -0.481. The Morgan fingerprint density at radius 2 is 1.86 bits per heavy atom. The van der Waals surface area contributed by atoms with Gasteiger partial charge in [0, 0.05) is 5.02 Å². The van der Waals surface area contributed by atoms with Gasteiger partial charge in [0.1, 0.15) is 17.9 Å². The molecule has 8 heteroatoms. The average molecular weight is 399 g/mol. The monoisotopic (exact) mass is 398 g/mol. The van der Waals surface area contributed by atoms with E-state index in [0.717, 1.165) is 11.1 Å². The summed E-state index contributed by atoms with van der Waals surface area (Å²) in [5, 5.41) is 18.8. The second kappa shape index (κ2) is 8.22. The number of nitrogens with one attached hydrogen (secondary N) is 1. The summed E-state index contributed by atoms with van der Waals surface area (Å²) in [7, 11) is 0. The van der Waals surface area contributed by atoms with E-state index < -0.39 is 11.0 Å². The Morgan fingerprint density at radius 3 is 2.46 bits per heavy atom. The molecule has 0 saturated heterocycles. The SMILES string of the molecule is Cc1nn(CC(=O)NC(c2ccccc2)c2cccc(Cl)c2)c(C)c1[N+](=O)[O-]. The Hall–Kier alpha value is -3.19. The van der Waals surface area contributed by atoms with E-state index in [4.69, 9.17) is 11.6 Å². The van der Waals surface area contributed by atoms with Crippen LogP contribution < -0.4 is 5.32 Å². The summed E-state index contributed by atoms with van der Waals surface area (Å²) < 4.78 is 1.35. The number of carbonyl (C=O) groups is 1. The predicted octanol–water partition coefficient (Wildman–Crippen LogP) is 3.97. The number of carbonyl (C=O) groups excluding carboxylic acids is 1. The van der Waals surface area contributed by atoms with Crippen molar-refractivity contribution in [3.05, 3.63) is 92.2 Å². The van der Waals surface area contributed by atoms with Gasteiger partial charge in [0.2, 0.25) is 5.91 Å². The maximum atomic E-state index is 12.7. The van der Waals surface area contributed by atoms with Gasteiger partial charge in [-0.2, -0.15) is 5.10 Å². The molecule has 0 aliphatic carbocycles. The maximum Gasteiger partial charge on any atom is 0.312 e. The van der Waals surface area contributed by atoms with E-state index in [0.29, 0.717) is 10.7 Å². The quantitative estimate of drug-likeness (QED) is 0.502. The zero-order valence-electron chi connectivity index (χ0n) is 15.4. The van der Waals surface area contributed by atoms with Gasteiger partial charge in [-0.3, -0.25) is 19.6 Å². The topological polar surface area (TPSA) is 90.1 Å². The van der Waals surface area contributed by atoms with Crippen molar-refractivity contribution in [3.8, 4) is 0 Å². The highest BCUT2D eigenvalue weighted by Crippen LogP contribution is 2.25. The number of nitro groups is 1. The first-order valence-electron chi connectivity index (χ1n) is 8.65. The van der Waals surface area contributed by atoms with E-state index in [2.05, 4.69) is 10.4 Å². The van der Waals surface area contributed by atoms with E-state index >= 15 is 0 Å². The van der Waals surface area contributed by atoms with Crippen LogP contribution in [0.4, 0.5) is 5.69 Å². The molecular weight excluding hydrogens is 380 g/mol. The van der Waals surface area contributed by atoms with Crippen molar-refractivity contribution < 1.29 is 9.72 Å². The highest BCUT2D eigenvalue weighted by atomic mass is 35.5. The predicted molar refractivity (Wildman–Crippen MR) is 106 cm³/mol. The van der Waals surface area contributed by atoms with E-state index in [9.17, 15) is 14.9 Å². The van der Waals surface area contributed by atoms with Gasteiger partial charge in [0.25, 0.3) is 0 Å². The summed E-state index contributed by atoms with van der Waals surface area (Å²) in [6.45, 7) is 3.01. The van der Waals surface area contributed by atoms with Crippen LogP contribution in [-0.4, -0.2) is 20.6 Å². The van der Waals surface area contributed by atoms with Crippen LogP contribution in [0.2, 0.25) is 5.02 Å². The zero-order chi connectivity index (χ0) is 20.3. The molecule has 0 saturated carbocycles. The standard InChI is InChI=1S/C20H19ClN4O3/c1-13-20(25(27)28)14(2)24(23-13)12-18(26)22-19(15-7-4-3-5-8-15)16-9-6-10-17(21)11-16/h3-11,19H,12H2,1-2H3,(H,22,26). The molecule has 144 valence electrons. The molecule has 1 N–H and O–H groups in total. The van der Waals surface area contributed by atoms with E-state index in [1.54, 1.807) is 26.0 Å². The number of hydrogen-bond acceptors (Lipinski definition) is 4. The molecule has 1 heterocycles. The lowest BCUT2D eigenvalue weighted by Crippen LogP contribution is -2.32. The van der Waals surface area contributed by atoms with Gasteiger partial charge in [-0.05, 0) is 37.1 Å². The van der Waals surface area contributed by atoms with Crippen molar-refractivity contribution in [2.75, 3.05) is 0 Å². The molecule has 0 spiro atoms. The van der Waals surface area contributed by atoms with Crippen molar-refractivity contribution in [3.63, 3.8) is 0 Å². The average Bonchev–Trinajstić information content (AvgIpc) is 2.93. The summed E-state index contributed by atoms with van der Waals surface area (Å²) in [5.74, 6) is -0.311. The number of amides is 1. The smallest absolute Gasteiger partial charge is 0.312 e. The molecule has 1 aromatic heterocycles. The Bertz CT molecular complexity index is 1020. The molecule has 28 heavy (non-hydrogen) atoms. The van der Waals surface area contributed by atoms with Crippen molar-refractivity contribution in [1.82, 2.24) is 15.1 Å². The number of aromatic nitrogens is 2. The van der Waals surface area contributed by atoms with Crippen LogP contribution in [0.1, 0.15) is 28.6 Å². The fraction of sp³-hybridized carbons (Fsp3) is 0.200. The molecule has 3 aromatic rings. The largest absolute Gasteiger partial charge is 0.344 e. The molecule has 1 atom stereocenters. The van der Waals surface area contributed by atoms with Crippen LogP contribution in [0.5, 0.6) is 0 Å². The van der Waals surface area contributed by atoms with Crippen molar-refractivity contribution in [2.45, 2.75) is 26.4 Å². The van der Waals surface area contributed by atoms with Crippen LogP contribution in [0, 0.1) is 24.0 Å². The number of nitrogens with zero attached hydrogens (tertiary/aromatic N) is 3. The third-order valence-electron chi connectivity index (χ3n) is 4.44. The first-order chi connectivity index (χ1) is 13.4. The van der Waals surface area contributed by atoms with Gasteiger partial charge in [-0.25, -0.2) is 0 Å². The van der Waals surface area contributed by atoms with E-state index in [1.807, 2.05) is 42.5 Å². The highest BCUT2D eigenvalue weighted by molar-refractivity contribution is 6.30. The van der Waals surface area contributed by atoms with Crippen LogP contribution in [0.25, 0.3) is 0 Å². The molecule has 0 bridgehead atoms. The number of aryl methyl sites for hydroxylation is 1. The fourth-order valence-electron chi connectivity index (χ4n) is 3.14. The van der Waals surface area contributed by atoms with Crippen LogP contribution >= 0.6 is 11.6 Å². The molecule has 0 aliphatic rings. The van der Waals surface area contributed by atoms with Crippen LogP contribution in [-0.2, 0) is 11.3 Å². The second-order valence-corrected chi connectivity index (χ2v) is 6.84. The van der Waals surface area contributed by atoms with Crippen molar-refractivity contribution in [2.24, 2.45) is 0 Å². The Labute approximate surface area is 167 Å². The molecule has 0 radical (unpaired) electrons. The molecule has 3 rings (SSSR count).